The Labute approximate surface area is 128 Å². The molecule has 0 bridgehead atoms. The molecule has 0 aliphatic carbocycles. The number of hydrogen-bond acceptors (Lipinski definition) is 2. The summed E-state index contributed by atoms with van der Waals surface area (Å²) in [6.45, 7) is 9.11. The molecular formula is C19H26N2. The van der Waals surface area contributed by atoms with E-state index in [1.807, 2.05) is 0 Å². The quantitative estimate of drug-likeness (QED) is 0.868. The third-order valence-electron chi connectivity index (χ3n) is 3.98. The molecule has 0 saturated carbocycles. The fourth-order valence-corrected chi connectivity index (χ4v) is 2.46. The minimum absolute atomic E-state index is 0.731. The van der Waals surface area contributed by atoms with Crippen LogP contribution in [0.2, 0.25) is 0 Å². The Morgan fingerprint density at radius 2 is 1.62 bits per heavy atom. The van der Waals surface area contributed by atoms with Crippen LogP contribution >= 0.6 is 0 Å². The van der Waals surface area contributed by atoms with Gasteiger partial charge in [-0.15, -0.1) is 0 Å². The van der Waals surface area contributed by atoms with Crippen LogP contribution in [0.4, 0.5) is 5.69 Å². The lowest BCUT2D eigenvalue weighted by atomic mass is 10.1. The molecule has 0 aliphatic heterocycles. The van der Waals surface area contributed by atoms with Crippen molar-refractivity contribution >= 4 is 5.69 Å². The Balaban J connectivity index is 2.19. The first-order valence-corrected chi connectivity index (χ1v) is 7.68. The molecule has 0 aliphatic rings. The molecule has 112 valence electrons. The van der Waals surface area contributed by atoms with E-state index in [1.165, 1.54) is 27.9 Å². The average molecular weight is 282 g/mol. The third kappa shape index (κ3) is 4.33. The van der Waals surface area contributed by atoms with E-state index in [1.54, 1.807) is 0 Å². The van der Waals surface area contributed by atoms with Gasteiger partial charge in [0.25, 0.3) is 0 Å². The zero-order valence-corrected chi connectivity index (χ0v) is 13.4. The van der Waals surface area contributed by atoms with E-state index in [4.69, 9.17) is 5.73 Å². The maximum atomic E-state index is 5.69. The van der Waals surface area contributed by atoms with Crippen molar-refractivity contribution in [3.8, 4) is 0 Å². The number of aryl methyl sites for hydroxylation is 3. The monoisotopic (exact) mass is 282 g/mol. The molecule has 2 aromatic rings. The van der Waals surface area contributed by atoms with Crippen LogP contribution < -0.4 is 10.6 Å². The fraction of sp³-hybridized carbons (Fsp3) is 0.368. The normalized spacial score (nSPS) is 10.7. The molecule has 0 unspecified atom stereocenters. The molecule has 0 heterocycles. The van der Waals surface area contributed by atoms with Crippen LogP contribution in [0.3, 0.4) is 0 Å². The Morgan fingerprint density at radius 1 is 0.905 bits per heavy atom. The number of anilines is 1. The zero-order chi connectivity index (χ0) is 15.2. The second-order valence-corrected chi connectivity index (χ2v) is 5.82. The summed E-state index contributed by atoms with van der Waals surface area (Å²) in [6, 6.07) is 15.5. The van der Waals surface area contributed by atoms with E-state index in [0.29, 0.717) is 0 Å². The van der Waals surface area contributed by atoms with Gasteiger partial charge in [-0.25, -0.2) is 0 Å². The van der Waals surface area contributed by atoms with Crippen LogP contribution in [0.25, 0.3) is 0 Å². The van der Waals surface area contributed by atoms with Crippen LogP contribution in [0.15, 0.2) is 42.5 Å². The standard InChI is InChI=1S/C19H26N2/c1-15-5-9-19(10-6-15)21(12-4-11-20)14-18-8-7-16(2)17(3)13-18/h5-10,13H,4,11-12,14,20H2,1-3H3. The Kier molecular flexibility index (Phi) is 5.40. The third-order valence-corrected chi connectivity index (χ3v) is 3.98. The van der Waals surface area contributed by atoms with E-state index in [2.05, 4.69) is 68.1 Å². The van der Waals surface area contributed by atoms with Crippen molar-refractivity contribution in [2.24, 2.45) is 5.73 Å². The molecule has 2 rings (SSSR count). The maximum Gasteiger partial charge on any atom is 0.0429 e. The van der Waals surface area contributed by atoms with Crippen LogP contribution in [0, 0.1) is 20.8 Å². The van der Waals surface area contributed by atoms with Crippen LogP contribution in [0.5, 0.6) is 0 Å². The van der Waals surface area contributed by atoms with Crippen LogP contribution in [0.1, 0.15) is 28.7 Å². The topological polar surface area (TPSA) is 29.3 Å². The molecule has 2 aromatic carbocycles. The summed E-state index contributed by atoms with van der Waals surface area (Å²) in [5.41, 5.74) is 12.3. The first kappa shape index (κ1) is 15.6. The van der Waals surface area contributed by atoms with Gasteiger partial charge in [0.1, 0.15) is 0 Å². The highest BCUT2D eigenvalue weighted by Gasteiger charge is 2.07. The molecule has 0 atom stereocenters. The largest absolute Gasteiger partial charge is 0.367 e. The number of rotatable bonds is 6. The Morgan fingerprint density at radius 3 is 2.24 bits per heavy atom. The molecule has 2 nitrogen and oxygen atoms in total. The van der Waals surface area contributed by atoms with E-state index in [-0.39, 0.29) is 0 Å². The molecular weight excluding hydrogens is 256 g/mol. The van der Waals surface area contributed by atoms with Gasteiger partial charge >= 0.3 is 0 Å². The fourth-order valence-electron chi connectivity index (χ4n) is 2.46. The molecule has 2 N–H and O–H groups in total. The van der Waals surface area contributed by atoms with Gasteiger partial charge < -0.3 is 10.6 Å². The highest BCUT2D eigenvalue weighted by atomic mass is 15.1. The first-order chi connectivity index (χ1) is 10.1. The van der Waals surface area contributed by atoms with Crippen molar-refractivity contribution in [2.45, 2.75) is 33.7 Å². The Hall–Kier alpha value is -1.80. The predicted octanol–water partition coefficient (Wildman–Crippen LogP) is 3.97. The van der Waals surface area contributed by atoms with Gasteiger partial charge in [0.2, 0.25) is 0 Å². The van der Waals surface area contributed by atoms with Crippen molar-refractivity contribution in [2.75, 3.05) is 18.0 Å². The lowest BCUT2D eigenvalue weighted by Crippen LogP contribution is -2.25. The molecule has 0 amide bonds. The molecule has 0 spiro atoms. The summed E-state index contributed by atoms with van der Waals surface area (Å²) in [7, 11) is 0. The van der Waals surface area contributed by atoms with Crippen molar-refractivity contribution < 1.29 is 0 Å². The first-order valence-electron chi connectivity index (χ1n) is 7.68. The highest BCUT2D eigenvalue weighted by molar-refractivity contribution is 5.48. The van der Waals surface area contributed by atoms with Crippen LogP contribution in [-0.4, -0.2) is 13.1 Å². The summed E-state index contributed by atoms with van der Waals surface area (Å²) >= 11 is 0. The lowest BCUT2D eigenvalue weighted by molar-refractivity contribution is 0.735. The molecule has 0 saturated heterocycles. The van der Waals surface area contributed by atoms with Gasteiger partial charge in [-0.1, -0.05) is 35.9 Å². The van der Waals surface area contributed by atoms with E-state index < -0.39 is 0 Å². The molecule has 0 radical (unpaired) electrons. The SMILES string of the molecule is Cc1ccc(N(CCCN)Cc2ccc(C)c(C)c2)cc1. The van der Waals surface area contributed by atoms with Crippen LogP contribution in [-0.2, 0) is 6.54 Å². The highest BCUT2D eigenvalue weighted by Crippen LogP contribution is 2.19. The van der Waals surface area contributed by atoms with Crippen molar-refractivity contribution in [3.05, 3.63) is 64.7 Å². The molecule has 2 heteroatoms. The van der Waals surface area contributed by atoms with Gasteiger partial charge in [0.05, 0.1) is 0 Å². The van der Waals surface area contributed by atoms with Gasteiger partial charge in [0, 0.05) is 18.8 Å². The lowest BCUT2D eigenvalue weighted by Gasteiger charge is -2.25. The van der Waals surface area contributed by atoms with Crippen molar-refractivity contribution in [1.82, 2.24) is 0 Å². The number of hydrogen-bond donors (Lipinski definition) is 1. The number of benzene rings is 2. The van der Waals surface area contributed by atoms with Gasteiger partial charge in [-0.3, -0.25) is 0 Å². The summed E-state index contributed by atoms with van der Waals surface area (Å²) in [5, 5.41) is 0. The van der Waals surface area contributed by atoms with E-state index >= 15 is 0 Å². The minimum Gasteiger partial charge on any atom is -0.367 e. The summed E-state index contributed by atoms with van der Waals surface area (Å²) in [4.78, 5) is 2.41. The van der Waals surface area contributed by atoms with Gasteiger partial charge in [-0.2, -0.15) is 0 Å². The second kappa shape index (κ2) is 7.28. The van der Waals surface area contributed by atoms with Gasteiger partial charge in [0.15, 0.2) is 0 Å². The number of nitrogens with zero attached hydrogens (tertiary/aromatic N) is 1. The zero-order valence-electron chi connectivity index (χ0n) is 13.4. The molecule has 0 fully saturated rings. The predicted molar refractivity (Wildman–Crippen MR) is 91.8 cm³/mol. The van der Waals surface area contributed by atoms with Crippen molar-refractivity contribution in [1.29, 1.82) is 0 Å². The summed E-state index contributed by atoms with van der Waals surface area (Å²) < 4.78 is 0. The minimum atomic E-state index is 0.731. The van der Waals surface area contributed by atoms with E-state index in [9.17, 15) is 0 Å². The Bertz CT molecular complexity index is 573. The van der Waals surface area contributed by atoms with Crippen molar-refractivity contribution in [3.63, 3.8) is 0 Å². The average Bonchev–Trinajstić information content (AvgIpc) is 2.48. The number of nitrogens with two attached hydrogens (primary N) is 1. The molecule has 21 heavy (non-hydrogen) atoms. The second-order valence-electron chi connectivity index (χ2n) is 5.82. The smallest absolute Gasteiger partial charge is 0.0429 e. The molecule has 0 aromatic heterocycles. The summed E-state index contributed by atoms with van der Waals surface area (Å²) in [6.07, 6.45) is 1.01. The summed E-state index contributed by atoms with van der Waals surface area (Å²) in [5.74, 6) is 0. The van der Waals surface area contributed by atoms with Gasteiger partial charge in [-0.05, 0) is 62.6 Å². The van der Waals surface area contributed by atoms with E-state index in [0.717, 1.165) is 26.1 Å². The maximum absolute atomic E-state index is 5.69.